The summed E-state index contributed by atoms with van der Waals surface area (Å²) in [4.78, 5) is 3.62. The monoisotopic (exact) mass is 361 g/mol. The fourth-order valence-electron chi connectivity index (χ4n) is 1.80. The Morgan fingerprint density at radius 1 is 1.04 bits per heavy atom. The van der Waals surface area contributed by atoms with Crippen molar-refractivity contribution in [3.8, 4) is 17.4 Å². The Kier molecular flexibility index (Phi) is 6.14. The normalized spacial score (nSPS) is 11.2. The summed E-state index contributed by atoms with van der Waals surface area (Å²) in [6.45, 7) is 0.611. The molecule has 0 aliphatic carbocycles. The molecule has 0 radical (unpaired) electrons. The zero-order valence-electron chi connectivity index (χ0n) is 12.8. The summed E-state index contributed by atoms with van der Waals surface area (Å²) in [7, 11) is 1.53. The molecule has 1 aromatic carbocycles. The van der Waals surface area contributed by atoms with Gasteiger partial charge in [-0.1, -0.05) is 11.6 Å². The van der Waals surface area contributed by atoms with E-state index in [1.54, 1.807) is 18.2 Å². The third kappa shape index (κ3) is 5.49. The number of rotatable bonds is 7. The predicted octanol–water partition coefficient (Wildman–Crippen LogP) is 4.61. The minimum atomic E-state index is -4.41. The largest absolute Gasteiger partial charge is 0.497 e. The number of alkyl halides is 3. The van der Waals surface area contributed by atoms with Crippen LogP contribution in [0.1, 0.15) is 12.0 Å². The van der Waals surface area contributed by atoms with Crippen molar-refractivity contribution in [3.63, 3.8) is 0 Å². The third-order valence-corrected chi connectivity index (χ3v) is 3.17. The van der Waals surface area contributed by atoms with E-state index in [4.69, 9.17) is 25.8 Å². The molecule has 24 heavy (non-hydrogen) atoms. The molecule has 130 valence electrons. The molecule has 0 saturated carbocycles. The lowest BCUT2D eigenvalue weighted by molar-refractivity contribution is -0.137. The van der Waals surface area contributed by atoms with Crippen molar-refractivity contribution >= 4 is 11.6 Å². The van der Waals surface area contributed by atoms with Gasteiger partial charge in [-0.05, 0) is 18.2 Å². The molecule has 0 amide bonds. The van der Waals surface area contributed by atoms with E-state index in [2.05, 4.69) is 4.98 Å². The smallest absolute Gasteiger partial charge is 0.417 e. The van der Waals surface area contributed by atoms with Gasteiger partial charge in [0.2, 0.25) is 5.88 Å². The lowest BCUT2D eigenvalue weighted by atomic mass is 10.3. The number of pyridine rings is 1. The number of hydrogen-bond acceptors (Lipinski definition) is 4. The van der Waals surface area contributed by atoms with Gasteiger partial charge in [0, 0.05) is 29.8 Å². The minimum Gasteiger partial charge on any atom is -0.497 e. The molecule has 0 bridgehead atoms. The Balaban J connectivity index is 1.74. The van der Waals surface area contributed by atoms with Gasteiger partial charge in [-0.2, -0.15) is 13.2 Å². The first kappa shape index (κ1) is 18.2. The molecule has 0 saturated heterocycles. The summed E-state index contributed by atoms with van der Waals surface area (Å²) in [6, 6.07) is 7.13. The van der Waals surface area contributed by atoms with Crippen molar-refractivity contribution < 1.29 is 27.4 Å². The fourth-order valence-corrected chi connectivity index (χ4v) is 2.01. The minimum absolute atomic E-state index is 0.132. The van der Waals surface area contributed by atoms with Gasteiger partial charge in [-0.15, -0.1) is 0 Å². The van der Waals surface area contributed by atoms with E-state index < -0.39 is 11.7 Å². The van der Waals surface area contributed by atoms with Gasteiger partial charge in [0.05, 0.1) is 25.9 Å². The van der Waals surface area contributed by atoms with Crippen molar-refractivity contribution in [2.24, 2.45) is 0 Å². The summed E-state index contributed by atoms with van der Waals surface area (Å²) < 4.78 is 53.1. The van der Waals surface area contributed by atoms with E-state index in [1.807, 2.05) is 0 Å². The van der Waals surface area contributed by atoms with Crippen molar-refractivity contribution in [3.05, 3.63) is 47.1 Å². The highest BCUT2D eigenvalue weighted by atomic mass is 35.5. The molecule has 0 unspecified atom stereocenters. The summed E-state index contributed by atoms with van der Waals surface area (Å²) in [5.74, 6) is 1.28. The number of aromatic nitrogens is 1. The maximum Gasteiger partial charge on any atom is 0.417 e. The van der Waals surface area contributed by atoms with E-state index in [-0.39, 0.29) is 12.5 Å². The Morgan fingerprint density at radius 3 is 2.38 bits per heavy atom. The number of halogens is 4. The first-order chi connectivity index (χ1) is 11.4. The molecular formula is C16H15ClF3NO3. The second-order valence-corrected chi connectivity index (χ2v) is 5.20. The molecule has 4 nitrogen and oxygen atoms in total. The van der Waals surface area contributed by atoms with Crippen LogP contribution in [0.4, 0.5) is 13.2 Å². The van der Waals surface area contributed by atoms with Crippen LogP contribution in [0.5, 0.6) is 17.4 Å². The Hall–Kier alpha value is -2.15. The molecule has 1 heterocycles. The molecule has 2 rings (SSSR count). The van der Waals surface area contributed by atoms with E-state index in [1.165, 1.54) is 13.2 Å². The maximum absolute atomic E-state index is 12.4. The standard InChI is InChI=1S/C16H15ClF3NO3/c1-22-13-7-12(17)8-14(9-13)23-5-2-6-24-15-4-3-11(10-21-15)16(18,19)20/h3-4,7-10H,2,5-6H2,1H3. The van der Waals surface area contributed by atoms with Crippen LogP contribution in [-0.2, 0) is 6.18 Å². The van der Waals surface area contributed by atoms with Crippen LogP contribution in [0.3, 0.4) is 0 Å². The Morgan fingerprint density at radius 2 is 1.75 bits per heavy atom. The number of hydrogen-bond donors (Lipinski definition) is 0. The van der Waals surface area contributed by atoms with Crippen LogP contribution < -0.4 is 14.2 Å². The molecule has 1 aromatic heterocycles. The van der Waals surface area contributed by atoms with Gasteiger partial charge in [-0.3, -0.25) is 0 Å². The number of methoxy groups -OCH3 is 1. The molecule has 0 aliphatic heterocycles. The van der Waals surface area contributed by atoms with Crippen molar-refractivity contribution in [1.82, 2.24) is 4.98 Å². The zero-order chi connectivity index (χ0) is 17.6. The molecule has 0 fully saturated rings. The SMILES string of the molecule is COc1cc(Cl)cc(OCCCOc2ccc(C(F)(F)F)cn2)c1. The lowest BCUT2D eigenvalue weighted by Gasteiger charge is -2.10. The van der Waals surface area contributed by atoms with E-state index >= 15 is 0 Å². The van der Waals surface area contributed by atoms with Gasteiger partial charge < -0.3 is 14.2 Å². The van der Waals surface area contributed by atoms with E-state index in [9.17, 15) is 13.2 Å². The van der Waals surface area contributed by atoms with Gasteiger partial charge >= 0.3 is 6.18 Å². The summed E-state index contributed by atoms with van der Waals surface area (Å²) in [5, 5.41) is 0.495. The zero-order valence-corrected chi connectivity index (χ0v) is 13.5. The summed E-state index contributed by atoms with van der Waals surface area (Å²) in [5.41, 5.74) is -0.812. The van der Waals surface area contributed by atoms with Gasteiger partial charge in [0.25, 0.3) is 0 Å². The fraction of sp³-hybridized carbons (Fsp3) is 0.312. The predicted molar refractivity (Wildman–Crippen MR) is 82.9 cm³/mol. The van der Waals surface area contributed by atoms with E-state index in [0.29, 0.717) is 29.5 Å². The van der Waals surface area contributed by atoms with E-state index in [0.717, 1.165) is 12.3 Å². The Labute approximate surface area is 142 Å². The molecule has 8 heteroatoms. The summed E-state index contributed by atoms with van der Waals surface area (Å²) >= 11 is 5.92. The second-order valence-electron chi connectivity index (χ2n) is 4.76. The first-order valence-corrected chi connectivity index (χ1v) is 7.40. The number of nitrogens with zero attached hydrogens (tertiary/aromatic N) is 1. The van der Waals surface area contributed by atoms with Crippen LogP contribution >= 0.6 is 11.6 Å². The highest BCUT2D eigenvalue weighted by molar-refractivity contribution is 6.30. The average Bonchev–Trinajstić information content (AvgIpc) is 2.53. The molecule has 0 spiro atoms. The maximum atomic E-state index is 12.4. The van der Waals surface area contributed by atoms with Crippen LogP contribution in [0.25, 0.3) is 0 Å². The third-order valence-electron chi connectivity index (χ3n) is 2.95. The molecule has 2 aromatic rings. The van der Waals surface area contributed by atoms with Crippen molar-refractivity contribution in [2.45, 2.75) is 12.6 Å². The van der Waals surface area contributed by atoms with Gasteiger partial charge in [0.1, 0.15) is 11.5 Å². The van der Waals surface area contributed by atoms with Crippen molar-refractivity contribution in [1.29, 1.82) is 0 Å². The van der Waals surface area contributed by atoms with Crippen LogP contribution in [0, 0.1) is 0 Å². The van der Waals surface area contributed by atoms with Crippen LogP contribution in [-0.4, -0.2) is 25.3 Å². The molecule has 0 N–H and O–H groups in total. The number of benzene rings is 1. The molecular weight excluding hydrogens is 347 g/mol. The highest BCUT2D eigenvalue weighted by Gasteiger charge is 2.30. The Bertz CT molecular complexity index is 663. The quantitative estimate of drug-likeness (QED) is 0.675. The highest BCUT2D eigenvalue weighted by Crippen LogP contribution is 2.29. The topological polar surface area (TPSA) is 40.6 Å². The average molecular weight is 362 g/mol. The van der Waals surface area contributed by atoms with Crippen LogP contribution in [0.15, 0.2) is 36.5 Å². The van der Waals surface area contributed by atoms with Crippen LogP contribution in [0.2, 0.25) is 5.02 Å². The first-order valence-electron chi connectivity index (χ1n) is 7.02. The molecule has 0 aliphatic rings. The van der Waals surface area contributed by atoms with Gasteiger partial charge in [-0.25, -0.2) is 4.98 Å². The van der Waals surface area contributed by atoms with Gasteiger partial charge in [0.15, 0.2) is 0 Å². The van der Waals surface area contributed by atoms with Crippen molar-refractivity contribution in [2.75, 3.05) is 20.3 Å². The molecule has 0 atom stereocenters. The summed E-state index contributed by atoms with van der Waals surface area (Å²) in [6.07, 6.45) is -3.14. The number of ether oxygens (including phenoxy) is 3. The second kappa shape index (κ2) is 8.10. The lowest BCUT2D eigenvalue weighted by Crippen LogP contribution is -2.08.